The lowest BCUT2D eigenvalue weighted by molar-refractivity contribution is -0.123. The van der Waals surface area contributed by atoms with E-state index in [1.54, 1.807) is 0 Å². The summed E-state index contributed by atoms with van der Waals surface area (Å²) in [5, 5.41) is 3.12. The molecule has 3 N–H and O–H groups in total. The molecule has 0 aromatic heterocycles. The summed E-state index contributed by atoms with van der Waals surface area (Å²) in [7, 11) is 0. The third kappa shape index (κ3) is 5.26. The zero-order chi connectivity index (χ0) is 15.8. The number of nitrogens with two attached hydrogens (primary N) is 1. The second kappa shape index (κ2) is 9.42. The van der Waals surface area contributed by atoms with Crippen molar-refractivity contribution < 1.29 is 4.79 Å². The molecule has 0 aromatic carbocycles. The van der Waals surface area contributed by atoms with Gasteiger partial charge in [-0.15, -0.1) is 0 Å². The van der Waals surface area contributed by atoms with E-state index in [1.165, 1.54) is 38.8 Å². The van der Waals surface area contributed by atoms with Crippen LogP contribution in [0.15, 0.2) is 0 Å². The molecule has 1 amide bonds. The molecule has 124 valence electrons. The lowest BCUT2D eigenvalue weighted by atomic mass is 9.92. The summed E-state index contributed by atoms with van der Waals surface area (Å²) in [4.78, 5) is 14.8. The number of likely N-dealkylation sites (tertiary alicyclic amines) is 1. The molecule has 0 aliphatic carbocycles. The van der Waals surface area contributed by atoms with Crippen molar-refractivity contribution >= 4 is 5.91 Å². The van der Waals surface area contributed by atoms with Crippen molar-refractivity contribution in [1.82, 2.24) is 10.2 Å². The van der Waals surface area contributed by atoms with Gasteiger partial charge < -0.3 is 11.1 Å². The standard InChI is InChI=1S/C17H35N3O/c1-5-13(4)16(18)17(21)19-12-15(14(6-2)7-3)20-10-8-9-11-20/h13-16H,5-12,18H2,1-4H3,(H,19,21). The van der Waals surface area contributed by atoms with Crippen molar-refractivity contribution in [3.05, 3.63) is 0 Å². The van der Waals surface area contributed by atoms with Gasteiger partial charge in [-0.3, -0.25) is 9.69 Å². The Morgan fingerprint density at radius 2 is 1.71 bits per heavy atom. The molecule has 1 fully saturated rings. The maximum atomic E-state index is 12.2. The van der Waals surface area contributed by atoms with E-state index in [2.05, 4.69) is 31.0 Å². The van der Waals surface area contributed by atoms with Crippen LogP contribution in [-0.2, 0) is 4.79 Å². The van der Waals surface area contributed by atoms with Gasteiger partial charge in [0, 0.05) is 12.6 Å². The molecule has 4 heteroatoms. The first-order valence-corrected chi connectivity index (χ1v) is 8.82. The van der Waals surface area contributed by atoms with E-state index in [0.29, 0.717) is 12.0 Å². The molecule has 0 saturated carbocycles. The van der Waals surface area contributed by atoms with Crippen LogP contribution in [0, 0.1) is 11.8 Å². The maximum absolute atomic E-state index is 12.2. The predicted octanol–water partition coefficient (Wildman–Crippen LogP) is 2.38. The first-order chi connectivity index (χ1) is 10.0. The number of amides is 1. The lowest BCUT2D eigenvalue weighted by Gasteiger charge is -2.34. The van der Waals surface area contributed by atoms with Gasteiger partial charge in [-0.1, -0.05) is 47.0 Å². The highest BCUT2D eigenvalue weighted by molar-refractivity contribution is 5.81. The number of nitrogens with zero attached hydrogens (tertiary/aromatic N) is 1. The fourth-order valence-electron chi connectivity index (χ4n) is 3.34. The fraction of sp³-hybridized carbons (Fsp3) is 0.941. The Morgan fingerprint density at radius 3 is 2.19 bits per heavy atom. The van der Waals surface area contributed by atoms with Crippen molar-refractivity contribution in [1.29, 1.82) is 0 Å². The highest BCUT2D eigenvalue weighted by Gasteiger charge is 2.28. The fourth-order valence-corrected chi connectivity index (χ4v) is 3.34. The van der Waals surface area contributed by atoms with E-state index in [4.69, 9.17) is 5.73 Å². The Bertz CT molecular complexity index is 296. The summed E-state index contributed by atoms with van der Waals surface area (Å²) in [6.07, 6.45) is 5.86. The van der Waals surface area contributed by atoms with Crippen LogP contribution in [0.3, 0.4) is 0 Å². The van der Waals surface area contributed by atoms with Gasteiger partial charge in [-0.2, -0.15) is 0 Å². The van der Waals surface area contributed by atoms with Gasteiger partial charge in [0.1, 0.15) is 0 Å². The highest BCUT2D eigenvalue weighted by Crippen LogP contribution is 2.22. The van der Waals surface area contributed by atoms with Crippen LogP contribution >= 0.6 is 0 Å². The number of carbonyl (C=O) groups excluding carboxylic acids is 1. The van der Waals surface area contributed by atoms with Gasteiger partial charge in [0.2, 0.25) is 5.91 Å². The summed E-state index contributed by atoms with van der Waals surface area (Å²) in [5.74, 6) is 0.908. The molecular formula is C17H35N3O. The predicted molar refractivity (Wildman–Crippen MR) is 89.1 cm³/mol. The number of hydrogen-bond acceptors (Lipinski definition) is 3. The minimum Gasteiger partial charge on any atom is -0.353 e. The summed E-state index contributed by atoms with van der Waals surface area (Å²) < 4.78 is 0. The van der Waals surface area contributed by atoms with Crippen molar-refractivity contribution in [2.45, 2.75) is 71.9 Å². The smallest absolute Gasteiger partial charge is 0.237 e. The molecule has 1 heterocycles. The molecule has 1 aliphatic rings. The average Bonchev–Trinajstić information content (AvgIpc) is 3.03. The summed E-state index contributed by atoms with van der Waals surface area (Å²) >= 11 is 0. The molecular weight excluding hydrogens is 262 g/mol. The molecule has 4 nitrogen and oxygen atoms in total. The molecule has 1 aliphatic heterocycles. The van der Waals surface area contributed by atoms with E-state index in [9.17, 15) is 4.79 Å². The van der Waals surface area contributed by atoms with Crippen molar-refractivity contribution in [2.24, 2.45) is 17.6 Å². The molecule has 1 saturated heterocycles. The molecule has 21 heavy (non-hydrogen) atoms. The van der Waals surface area contributed by atoms with Crippen molar-refractivity contribution in [3.8, 4) is 0 Å². The first kappa shape index (κ1) is 18.4. The monoisotopic (exact) mass is 297 g/mol. The van der Waals surface area contributed by atoms with Crippen molar-refractivity contribution in [3.63, 3.8) is 0 Å². The number of hydrogen-bond donors (Lipinski definition) is 2. The number of nitrogens with one attached hydrogen (secondary N) is 1. The molecule has 0 radical (unpaired) electrons. The van der Waals surface area contributed by atoms with Crippen LogP contribution in [0.4, 0.5) is 0 Å². The van der Waals surface area contributed by atoms with Crippen LogP contribution in [0.5, 0.6) is 0 Å². The highest BCUT2D eigenvalue weighted by atomic mass is 16.2. The van der Waals surface area contributed by atoms with E-state index < -0.39 is 0 Å². The van der Waals surface area contributed by atoms with Gasteiger partial charge in [-0.25, -0.2) is 0 Å². The minimum absolute atomic E-state index is 0.0134. The van der Waals surface area contributed by atoms with Gasteiger partial charge in [0.05, 0.1) is 6.04 Å². The second-order valence-corrected chi connectivity index (χ2v) is 6.54. The average molecular weight is 297 g/mol. The topological polar surface area (TPSA) is 58.4 Å². The van der Waals surface area contributed by atoms with Crippen molar-refractivity contribution in [2.75, 3.05) is 19.6 Å². The second-order valence-electron chi connectivity index (χ2n) is 6.54. The van der Waals surface area contributed by atoms with E-state index in [1.807, 2.05) is 6.92 Å². The largest absolute Gasteiger partial charge is 0.353 e. The van der Waals surface area contributed by atoms with Crippen LogP contribution in [0.2, 0.25) is 0 Å². The third-order valence-electron chi connectivity index (χ3n) is 5.25. The Labute approximate surface area is 130 Å². The van der Waals surface area contributed by atoms with Crippen LogP contribution in [0.25, 0.3) is 0 Å². The van der Waals surface area contributed by atoms with Gasteiger partial charge in [0.25, 0.3) is 0 Å². The lowest BCUT2D eigenvalue weighted by Crippen LogP contribution is -2.51. The normalized spacial score (nSPS) is 20.5. The quantitative estimate of drug-likeness (QED) is 0.687. The Hall–Kier alpha value is -0.610. The van der Waals surface area contributed by atoms with Crippen LogP contribution < -0.4 is 11.1 Å². The van der Waals surface area contributed by atoms with Crippen LogP contribution in [0.1, 0.15) is 59.8 Å². The van der Waals surface area contributed by atoms with E-state index in [-0.39, 0.29) is 17.9 Å². The number of carbonyl (C=O) groups is 1. The minimum atomic E-state index is -0.379. The summed E-state index contributed by atoms with van der Waals surface area (Å²) in [5.41, 5.74) is 6.03. The molecule has 0 spiro atoms. The Morgan fingerprint density at radius 1 is 1.14 bits per heavy atom. The molecule has 3 atom stereocenters. The SMILES string of the molecule is CCC(C)C(N)C(=O)NCC(C(CC)CC)N1CCCC1. The van der Waals surface area contributed by atoms with E-state index in [0.717, 1.165) is 13.0 Å². The third-order valence-corrected chi connectivity index (χ3v) is 5.25. The Kier molecular flexibility index (Phi) is 8.27. The summed E-state index contributed by atoms with van der Waals surface area (Å²) in [6, 6.07) is 0.0894. The maximum Gasteiger partial charge on any atom is 0.237 e. The van der Waals surface area contributed by atoms with E-state index >= 15 is 0 Å². The van der Waals surface area contributed by atoms with Gasteiger partial charge in [0.15, 0.2) is 0 Å². The summed E-state index contributed by atoms with van der Waals surface area (Å²) in [6.45, 7) is 11.7. The van der Waals surface area contributed by atoms with Gasteiger partial charge in [-0.05, 0) is 37.8 Å². The zero-order valence-electron chi connectivity index (χ0n) is 14.4. The first-order valence-electron chi connectivity index (χ1n) is 8.82. The molecule has 1 rings (SSSR count). The molecule has 0 aromatic rings. The van der Waals surface area contributed by atoms with Gasteiger partial charge >= 0.3 is 0 Å². The number of rotatable bonds is 9. The Balaban J connectivity index is 2.58. The van der Waals surface area contributed by atoms with Crippen LogP contribution in [-0.4, -0.2) is 42.5 Å². The molecule has 0 bridgehead atoms. The zero-order valence-corrected chi connectivity index (χ0v) is 14.4. The molecule has 3 unspecified atom stereocenters.